The zero-order valence-electron chi connectivity index (χ0n) is 11.4. The summed E-state index contributed by atoms with van der Waals surface area (Å²) in [6, 6.07) is 3.52. The zero-order valence-corrected chi connectivity index (χ0v) is 11.4. The van der Waals surface area contributed by atoms with Crippen LogP contribution in [0.25, 0.3) is 0 Å². The van der Waals surface area contributed by atoms with Gasteiger partial charge in [0.05, 0.1) is 0 Å². The average Bonchev–Trinajstić information content (AvgIpc) is 2.43. The van der Waals surface area contributed by atoms with Crippen LogP contribution in [-0.2, 0) is 0 Å². The molecule has 1 aromatic rings. The molecule has 0 aliphatic heterocycles. The summed E-state index contributed by atoms with van der Waals surface area (Å²) in [6.45, 7) is 0.579. The first kappa shape index (κ1) is 14.7. The molecule has 0 radical (unpaired) electrons. The van der Waals surface area contributed by atoms with Crippen LogP contribution in [0.3, 0.4) is 0 Å². The molecular formula is C12H19N5O2. The van der Waals surface area contributed by atoms with Gasteiger partial charge in [-0.1, -0.05) is 5.16 Å². The van der Waals surface area contributed by atoms with Gasteiger partial charge in [-0.15, -0.1) is 0 Å². The van der Waals surface area contributed by atoms with Crippen molar-refractivity contribution in [2.45, 2.75) is 6.42 Å². The van der Waals surface area contributed by atoms with Crippen molar-refractivity contribution >= 4 is 17.4 Å². The molecule has 1 rings (SSSR count). The second-order valence-electron chi connectivity index (χ2n) is 4.36. The molecule has 0 unspecified atom stereocenters. The number of rotatable bonds is 5. The molecule has 0 fully saturated rings. The first-order valence-corrected chi connectivity index (χ1v) is 5.81. The second kappa shape index (κ2) is 6.58. The van der Waals surface area contributed by atoms with Gasteiger partial charge in [-0.25, -0.2) is 0 Å². The summed E-state index contributed by atoms with van der Waals surface area (Å²) in [5.41, 5.74) is 6.66. The molecule has 0 aliphatic carbocycles. The minimum absolute atomic E-state index is 0.147. The highest BCUT2D eigenvalue weighted by Crippen LogP contribution is 2.14. The Morgan fingerprint density at radius 1 is 1.47 bits per heavy atom. The number of oxime groups is 1. The highest BCUT2D eigenvalue weighted by molar-refractivity contribution is 5.92. The number of hydrogen-bond acceptors (Lipinski definition) is 5. The molecule has 1 amide bonds. The second-order valence-corrected chi connectivity index (χ2v) is 4.36. The van der Waals surface area contributed by atoms with Gasteiger partial charge in [0.25, 0.3) is 5.91 Å². The van der Waals surface area contributed by atoms with Gasteiger partial charge in [0.2, 0.25) is 0 Å². The van der Waals surface area contributed by atoms with E-state index in [2.05, 4.69) is 10.1 Å². The Hall–Kier alpha value is -2.31. The Balaban J connectivity index is 2.78. The van der Waals surface area contributed by atoms with Crippen molar-refractivity contribution in [2.24, 2.45) is 10.9 Å². The van der Waals surface area contributed by atoms with E-state index < -0.39 is 0 Å². The monoisotopic (exact) mass is 265 g/mol. The molecule has 0 saturated heterocycles. The molecule has 1 heterocycles. The highest BCUT2D eigenvalue weighted by atomic mass is 16.4. The van der Waals surface area contributed by atoms with Crippen LogP contribution in [0.15, 0.2) is 23.5 Å². The summed E-state index contributed by atoms with van der Waals surface area (Å²) in [5.74, 6) is 0.0252. The lowest BCUT2D eigenvalue weighted by molar-refractivity contribution is 0.0822. The van der Waals surface area contributed by atoms with Crippen molar-refractivity contribution in [3.05, 3.63) is 24.0 Å². The summed E-state index contributed by atoms with van der Waals surface area (Å²) < 4.78 is 0. The maximum absolute atomic E-state index is 11.8. The number of carbonyl (C=O) groups excluding carboxylic acids is 1. The Bertz CT molecular complexity index is 473. The number of nitrogens with zero attached hydrogens (tertiary/aromatic N) is 4. The summed E-state index contributed by atoms with van der Waals surface area (Å²) in [4.78, 5) is 19.2. The summed E-state index contributed by atoms with van der Waals surface area (Å²) in [7, 11) is 5.22. The molecule has 104 valence electrons. The number of aromatic nitrogens is 1. The minimum Gasteiger partial charge on any atom is -0.409 e. The first-order chi connectivity index (χ1) is 8.95. The minimum atomic E-state index is -0.147. The number of carbonyl (C=O) groups is 1. The van der Waals surface area contributed by atoms with Gasteiger partial charge < -0.3 is 20.7 Å². The summed E-state index contributed by atoms with van der Waals surface area (Å²) in [6.07, 6.45) is 2.03. The van der Waals surface area contributed by atoms with Crippen molar-refractivity contribution in [3.63, 3.8) is 0 Å². The van der Waals surface area contributed by atoms with Gasteiger partial charge in [-0.05, 0) is 12.1 Å². The third-order valence-corrected chi connectivity index (χ3v) is 2.64. The Labute approximate surface area is 112 Å². The number of amides is 1. The molecule has 0 saturated carbocycles. The van der Waals surface area contributed by atoms with Crippen molar-refractivity contribution in [3.8, 4) is 0 Å². The third-order valence-electron chi connectivity index (χ3n) is 2.64. The normalized spacial score (nSPS) is 11.2. The van der Waals surface area contributed by atoms with Gasteiger partial charge >= 0.3 is 0 Å². The van der Waals surface area contributed by atoms with Crippen LogP contribution >= 0.6 is 0 Å². The fourth-order valence-electron chi connectivity index (χ4n) is 1.46. The average molecular weight is 265 g/mol. The lowest BCUT2D eigenvalue weighted by atomic mass is 10.2. The van der Waals surface area contributed by atoms with Crippen LogP contribution in [0.2, 0.25) is 0 Å². The van der Waals surface area contributed by atoms with Gasteiger partial charge in [0.1, 0.15) is 11.5 Å². The summed E-state index contributed by atoms with van der Waals surface area (Å²) >= 11 is 0. The zero-order chi connectivity index (χ0) is 14.4. The van der Waals surface area contributed by atoms with Crippen LogP contribution in [0, 0.1) is 0 Å². The van der Waals surface area contributed by atoms with Crippen molar-refractivity contribution in [1.82, 2.24) is 9.88 Å². The maximum atomic E-state index is 11.8. The van der Waals surface area contributed by atoms with Gasteiger partial charge in [0, 0.05) is 46.0 Å². The third kappa shape index (κ3) is 4.13. The van der Waals surface area contributed by atoms with Crippen LogP contribution < -0.4 is 10.6 Å². The molecule has 7 heteroatoms. The number of amidine groups is 1. The number of anilines is 1. The Morgan fingerprint density at radius 2 is 2.16 bits per heavy atom. The van der Waals surface area contributed by atoms with E-state index in [0.717, 1.165) is 5.69 Å². The topological polar surface area (TPSA) is 95.1 Å². The molecule has 0 aliphatic rings. The summed E-state index contributed by atoms with van der Waals surface area (Å²) in [5, 5.41) is 11.4. The largest absolute Gasteiger partial charge is 0.409 e. The predicted octanol–water partition coefficient (Wildman–Crippen LogP) is 0.356. The fourth-order valence-corrected chi connectivity index (χ4v) is 1.46. The maximum Gasteiger partial charge on any atom is 0.272 e. The van der Waals surface area contributed by atoms with E-state index >= 15 is 0 Å². The quantitative estimate of drug-likeness (QED) is 0.347. The fraction of sp³-hybridized carbons (Fsp3) is 0.417. The molecule has 0 atom stereocenters. The van der Waals surface area contributed by atoms with Crippen LogP contribution in [0.4, 0.5) is 5.69 Å². The Kier molecular flexibility index (Phi) is 5.11. The van der Waals surface area contributed by atoms with Crippen LogP contribution in [0.1, 0.15) is 16.9 Å². The van der Waals surface area contributed by atoms with E-state index in [9.17, 15) is 4.79 Å². The Morgan fingerprint density at radius 3 is 2.74 bits per heavy atom. The number of pyridine rings is 1. The van der Waals surface area contributed by atoms with Crippen LogP contribution in [-0.4, -0.2) is 54.5 Å². The standard InChI is InChI=1S/C12H19N5O2/c1-16(2)12(18)10-8-9(4-6-14-10)17(3)7-5-11(13)15-19/h4,6,8,19H,5,7H2,1-3H3,(H2,13,15). The lowest BCUT2D eigenvalue weighted by Crippen LogP contribution is -2.26. The van der Waals surface area contributed by atoms with Crippen molar-refractivity contribution in [2.75, 3.05) is 32.6 Å². The SMILES string of the molecule is CN(C)C(=O)c1cc(N(C)CC/C(N)=N/O)ccn1. The van der Waals surface area contributed by atoms with Crippen molar-refractivity contribution < 1.29 is 10.0 Å². The molecular weight excluding hydrogens is 246 g/mol. The van der Waals surface area contributed by atoms with Crippen LogP contribution in [0.5, 0.6) is 0 Å². The van der Waals surface area contributed by atoms with E-state index in [4.69, 9.17) is 10.9 Å². The molecule has 0 spiro atoms. The first-order valence-electron chi connectivity index (χ1n) is 5.81. The highest BCUT2D eigenvalue weighted by Gasteiger charge is 2.11. The molecule has 1 aromatic heterocycles. The molecule has 19 heavy (non-hydrogen) atoms. The van der Waals surface area contributed by atoms with Gasteiger partial charge in [-0.3, -0.25) is 9.78 Å². The lowest BCUT2D eigenvalue weighted by Gasteiger charge is -2.19. The molecule has 0 bridgehead atoms. The van der Waals surface area contributed by atoms with E-state index in [-0.39, 0.29) is 11.7 Å². The molecule has 0 aromatic carbocycles. The van der Waals surface area contributed by atoms with Gasteiger partial charge in [-0.2, -0.15) is 0 Å². The number of hydrogen-bond donors (Lipinski definition) is 2. The number of nitrogens with two attached hydrogens (primary N) is 1. The van der Waals surface area contributed by atoms with E-state index in [1.807, 2.05) is 11.9 Å². The smallest absolute Gasteiger partial charge is 0.272 e. The van der Waals surface area contributed by atoms with Crippen molar-refractivity contribution in [1.29, 1.82) is 0 Å². The van der Waals surface area contributed by atoms with Gasteiger partial charge in [0.15, 0.2) is 0 Å². The molecule has 7 nitrogen and oxygen atoms in total. The van der Waals surface area contributed by atoms with E-state index in [1.165, 1.54) is 4.90 Å². The molecule has 3 N–H and O–H groups in total. The predicted molar refractivity (Wildman–Crippen MR) is 73.6 cm³/mol. The van der Waals surface area contributed by atoms with E-state index in [1.54, 1.807) is 32.4 Å². The van der Waals surface area contributed by atoms with E-state index in [0.29, 0.717) is 18.7 Å².